The van der Waals surface area contributed by atoms with Crippen LogP contribution in [0.1, 0.15) is 11.9 Å². The lowest BCUT2D eigenvalue weighted by atomic mass is 10.2. The van der Waals surface area contributed by atoms with Gasteiger partial charge in [0.05, 0.1) is 19.0 Å². The van der Waals surface area contributed by atoms with E-state index in [1.807, 2.05) is 0 Å². The molecule has 1 rings (SSSR count). The van der Waals surface area contributed by atoms with E-state index in [1.54, 1.807) is 12.1 Å². The fraction of sp³-hybridized carbons (Fsp3) is 0.600. The largest absolute Gasteiger partial charge is 0.467 e. The molecule has 15 heavy (non-hydrogen) atoms. The number of methoxy groups -OCH3 is 1. The molecule has 1 aromatic rings. The van der Waals surface area contributed by atoms with Crippen LogP contribution in [0.5, 0.6) is 0 Å². The Bertz CT molecular complexity index is 250. The van der Waals surface area contributed by atoms with Crippen LogP contribution in [0, 0.1) is 0 Å². The topological polar surface area (TPSA) is 74.9 Å². The number of rotatable bonds is 7. The van der Waals surface area contributed by atoms with Crippen molar-refractivity contribution in [1.82, 2.24) is 5.32 Å². The number of aliphatic hydroxyl groups excluding tert-OH is 2. The van der Waals surface area contributed by atoms with Crippen molar-refractivity contribution in [2.45, 2.75) is 12.2 Å². The SMILES string of the molecule is COCC(O)CNCC(O)c1ccco1. The molecule has 0 aliphatic heterocycles. The average molecular weight is 215 g/mol. The highest BCUT2D eigenvalue weighted by Gasteiger charge is 2.10. The van der Waals surface area contributed by atoms with Gasteiger partial charge >= 0.3 is 0 Å². The van der Waals surface area contributed by atoms with Gasteiger partial charge in [0.25, 0.3) is 0 Å². The Kier molecular flexibility index (Phi) is 5.34. The maximum atomic E-state index is 9.58. The van der Waals surface area contributed by atoms with Gasteiger partial charge in [0.1, 0.15) is 11.9 Å². The van der Waals surface area contributed by atoms with E-state index >= 15 is 0 Å². The molecular formula is C10H17NO4. The molecular weight excluding hydrogens is 198 g/mol. The molecule has 0 radical (unpaired) electrons. The van der Waals surface area contributed by atoms with Crippen LogP contribution in [0.15, 0.2) is 22.8 Å². The molecule has 0 fully saturated rings. The van der Waals surface area contributed by atoms with Crippen molar-refractivity contribution < 1.29 is 19.4 Å². The van der Waals surface area contributed by atoms with Gasteiger partial charge < -0.3 is 24.7 Å². The molecule has 5 nitrogen and oxygen atoms in total. The minimum Gasteiger partial charge on any atom is -0.467 e. The van der Waals surface area contributed by atoms with Crippen LogP contribution in [-0.2, 0) is 4.74 Å². The number of furan rings is 1. The quantitative estimate of drug-likeness (QED) is 0.592. The zero-order valence-corrected chi connectivity index (χ0v) is 8.72. The van der Waals surface area contributed by atoms with Crippen molar-refractivity contribution in [3.8, 4) is 0 Å². The van der Waals surface area contributed by atoms with Crippen LogP contribution >= 0.6 is 0 Å². The van der Waals surface area contributed by atoms with Crippen molar-refractivity contribution in [1.29, 1.82) is 0 Å². The zero-order chi connectivity index (χ0) is 11.1. The molecule has 0 bridgehead atoms. The van der Waals surface area contributed by atoms with Gasteiger partial charge in [0.15, 0.2) is 0 Å². The second-order valence-corrected chi connectivity index (χ2v) is 3.30. The van der Waals surface area contributed by atoms with Gasteiger partial charge in [-0.15, -0.1) is 0 Å². The minimum absolute atomic E-state index is 0.282. The lowest BCUT2D eigenvalue weighted by molar-refractivity contribution is 0.0606. The van der Waals surface area contributed by atoms with Gasteiger partial charge in [0.2, 0.25) is 0 Å². The molecule has 3 N–H and O–H groups in total. The number of hydrogen-bond acceptors (Lipinski definition) is 5. The fourth-order valence-electron chi connectivity index (χ4n) is 1.22. The van der Waals surface area contributed by atoms with Gasteiger partial charge in [-0.3, -0.25) is 0 Å². The Balaban J connectivity index is 2.15. The molecule has 5 heteroatoms. The Morgan fingerprint density at radius 1 is 1.47 bits per heavy atom. The molecule has 86 valence electrons. The summed E-state index contributed by atoms with van der Waals surface area (Å²) in [5, 5.41) is 21.8. The van der Waals surface area contributed by atoms with E-state index in [0.29, 0.717) is 18.8 Å². The monoisotopic (exact) mass is 215 g/mol. The summed E-state index contributed by atoms with van der Waals surface area (Å²) in [5.41, 5.74) is 0. The van der Waals surface area contributed by atoms with Crippen molar-refractivity contribution in [2.24, 2.45) is 0 Å². The Labute approximate surface area is 88.7 Å². The normalized spacial score (nSPS) is 15.1. The maximum absolute atomic E-state index is 9.58. The molecule has 1 heterocycles. The van der Waals surface area contributed by atoms with E-state index in [-0.39, 0.29) is 6.61 Å². The lowest BCUT2D eigenvalue weighted by Gasteiger charge is -2.12. The highest BCUT2D eigenvalue weighted by atomic mass is 16.5. The molecule has 1 aromatic heterocycles. The molecule has 0 saturated heterocycles. The Morgan fingerprint density at radius 2 is 2.27 bits per heavy atom. The first-order valence-corrected chi connectivity index (χ1v) is 4.83. The molecule has 0 aliphatic rings. The summed E-state index contributed by atoms with van der Waals surface area (Å²) in [6.07, 6.45) is 0.270. The first-order valence-electron chi connectivity index (χ1n) is 4.83. The van der Waals surface area contributed by atoms with E-state index in [9.17, 15) is 10.2 Å². The summed E-state index contributed by atoms with van der Waals surface area (Å²) in [6.45, 7) is 1.00. The summed E-state index contributed by atoms with van der Waals surface area (Å²) in [7, 11) is 1.53. The summed E-state index contributed by atoms with van der Waals surface area (Å²) >= 11 is 0. The molecule has 0 aromatic carbocycles. The summed E-state index contributed by atoms with van der Waals surface area (Å²) in [6, 6.07) is 3.43. The second kappa shape index (κ2) is 6.58. The molecule has 2 atom stereocenters. The summed E-state index contributed by atoms with van der Waals surface area (Å²) < 4.78 is 9.79. The number of ether oxygens (including phenoxy) is 1. The zero-order valence-electron chi connectivity index (χ0n) is 8.72. The van der Waals surface area contributed by atoms with Crippen LogP contribution in [0.4, 0.5) is 0 Å². The van der Waals surface area contributed by atoms with Gasteiger partial charge in [0, 0.05) is 20.2 Å². The summed E-state index contributed by atoms with van der Waals surface area (Å²) in [4.78, 5) is 0. The number of nitrogens with one attached hydrogen (secondary N) is 1. The van der Waals surface area contributed by atoms with E-state index < -0.39 is 12.2 Å². The number of hydrogen-bond donors (Lipinski definition) is 3. The molecule has 2 unspecified atom stereocenters. The highest BCUT2D eigenvalue weighted by Crippen LogP contribution is 2.11. The van der Waals surface area contributed by atoms with Crippen LogP contribution in [0.2, 0.25) is 0 Å². The maximum Gasteiger partial charge on any atom is 0.133 e. The third-order valence-electron chi connectivity index (χ3n) is 1.95. The Hall–Kier alpha value is -0.880. The Morgan fingerprint density at radius 3 is 2.87 bits per heavy atom. The van der Waals surface area contributed by atoms with Gasteiger partial charge in [-0.05, 0) is 12.1 Å². The fourth-order valence-corrected chi connectivity index (χ4v) is 1.22. The molecule has 0 aliphatic carbocycles. The predicted octanol–water partition coefficient (Wildman–Crippen LogP) is -0.0901. The molecule has 0 saturated carbocycles. The number of aliphatic hydroxyl groups is 2. The van der Waals surface area contributed by atoms with E-state index in [2.05, 4.69) is 5.32 Å². The minimum atomic E-state index is -0.685. The van der Waals surface area contributed by atoms with Crippen LogP contribution in [-0.4, -0.2) is 43.1 Å². The van der Waals surface area contributed by atoms with Gasteiger partial charge in [-0.2, -0.15) is 0 Å². The van der Waals surface area contributed by atoms with Gasteiger partial charge in [-0.1, -0.05) is 0 Å². The third kappa shape index (κ3) is 4.44. The van der Waals surface area contributed by atoms with E-state index in [1.165, 1.54) is 13.4 Å². The first-order chi connectivity index (χ1) is 7.24. The lowest BCUT2D eigenvalue weighted by Crippen LogP contribution is -2.32. The molecule has 0 amide bonds. The average Bonchev–Trinajstić information content (AvgIpc) is 2.70. The van der Waals surface area contributed by atoms with Crippen LogP contribution in [0.3, 0.4) is 0 Å². The third-order valence-corrected chi connectivity index (χ3v) is 1.95. The van der Waals surface area contributed by atoms with E-state index in [0.717, 1.165) is 0 Å². The van der Waals surface area contributed by atoms with Crippen LogP contribution < -0.4 is 5.32 Å². The first kappa shape index (κ1) is 12.2. The molecule has 0 spiro atoms. The smallest absolute Gasteiger partial charge is 0.133 e. The highest BCUT2D eigenvalue weighted by molar-refractivity contribution is 5.02. The van der Waals surface area contributed by atoms with Crippen LogP contribution in [0.25, 0.3) is 0 Å². The second-order valence-electron chi connectivity index (χ2n) is 3.30. The van der Waals surface area contributed by atoms with Crippen molar-refractivity contribution in [3.63, 3.8) is 0 Å². The summed E-state index contributed by atoms with van der Waals surface area (Å²) in [5.74, 6) is 0.517. The van der Waals surface area contributed by atoms with E-state index in [4.69, 9.17) is 9.15 Å². The van der Waals surface area contributed by atoms with Crippen molar-refractivity contribution in [2.75, 3.05) is 26.8 Å². The predicted molar refractivity (Wildman–Crippen MR) is 54.4 cm³/mol. The standard InChI is InChI=1S/C10H17NO4/c1-14-7-8(12)5-11-6-9(13)10-3-2-4-15-10/h2-4,8-9,11-13H,5-7H2,1H3. The van der Waals surface area contributed by atoms with Gasteiger partial charge in [-0.25, -0.2) is 0 Å². The van der Waals surface area contributed by atoms with Crippen molar-refractivity contribution in [3.05, 3.63) is 24.2 Å². The van der Waals surface area contributed by atoms with Crippen molar-refractivity contribution >= 4 is 0 Å².